The quantitative estimate of drug-likeness (QED) is 0.863. The zero-order valence-corrected chi connectivity index (χ0v) is 10.1. The second-order valence-electron chi connectivity index (χ2n) is 4.53. The second-order valence-corrected chi connectivity index (χ2v) is 4.53. The predicted octanol–water partition coefficient (Wildman–Crippen LogP) is 2.86. The highest BCUT2D eigenvalue weighted by Crippen LogP contribution is 2.39. The molecule has 19 heavy (non-hydrogen) atoms. The van der Waals surface area contributed by atoms with Gasteiger partial charge in [0.05, 0.1) is 17.5 Å². The summed E-state index contributed by atoms with van der Waals surface area (Å²) in [6, 6.07) is 4.01. The van der Waals surface area contributed by atoms with Crippen molar-refractivity contribution in [1.29, 1.82) is 0 Å². The van der Waals surface area contributed by atoms with Crippen LogP contribution in [0.25, 0.3) is 11.0 Å². The molecule has 1 aliphatic rings. The summed E-state index contributed by atoms with van der Waals surface area (Å²) in [5, 5.41) is 3.34. The van der Waals surface area contributed by atoms with Crippen molar-refractivity contribution < 1.29 is 17.6 Å². The number of nitrogens with zero attached hydrogens (tertiary/aromatic N) is 1. The maximum absolute atomic E-state index is 12.9. The average Bonchev–Trinajstić information content (AvgIpc) is 2.86. The SMILES string of the molecule is FC(F)(F)c1ccc(N2CCNCC2)c2occc12. The first-order chi connectivity index (χ1) is 9.07. The fraction of sp³-hybridized carbons (Fsp3) is 0.385. The molecule has 0 atom stereocenters. The molecule has 2 heterocycles. The summed E-state index contributed by atoms with van der Waals surface area (Å²) in [4.78, 5) is 2.04. The van der Waals surface area contributed by atoms with Gasteiger partial charge in [-0.1, -0.05) is 0 Å². The van der Waals surface area contributed by atoms with E-state index in [-0.39, 0.29) is 5.39 Å². The molecule has 1 N–H and O–H groups in total. The molecule has 0 spiro atoms. The van der Waals surface area contributed by atoms with Crippen LogP contribution in [0.1, 0.15) is 5.56 Å². The van der Waals surface area contributed by atoms with E-state index in [1.807, 2.05) is 4.90 Å². The molecular weight excluding hydrogens is 257 g/mol. The van der Waals surface area contributed by atoms with Crippen molar-refractivity contribution in [3.05, 3.63) is 30.0 Å². The van der Waals surface area contributed by atoms with Gasteiger partial charge in [0.15, 0.2) is 5.58 Å². The van der Waals surface area contributed by atoms with Crippen LogP contribution in [0.3, 0.4) is 0 Å². The fourth-order valence-corrected chi connectivity index (χ4v) is 2.45. The zero-order valence-electron chi connectivity index (χ0n) is 10.1. The number of furan rings is 1. The molecule has 1 aromatic heterocycles. The van der Waals surface area contributed by atoms with E-state index in [0.717, 1.165) is 37.9 Å². The Morgan fingerprint density at radius 3 is 2.53 bits per heavy atom. The van der Waals surface area contributed by atoms with Crippen LogP contribution >= 0.6 is 0 Å². The summed E-state index contributed by atoms with van der Waals surface area (Å²) < 4.78 is 44.0. The summed E-state index contributed by atoms with van der Waals surface area (Å²) in [6.45, 7) is 3.18. The zero-order chi connectivity index (χ0) is 13.5. The first-order valence-corrected chi connectivity index (χ1v) is 6.10. The van der Waals surface area contributed by atoms with Crippen LogP contribution in [0.2, 0.25) is 0 Å². The molecule has 1 aliphatic heterocycles. The summed E-state index contributed by atoms with van der Waals surface area (Å²) in [7, 11) is 0. The number of hydrogen-bond donors (Lipinski definition) is 1. The van der Waals surface area contributed by atoms with Crippen LogP contribution in [-0.4, -0.2) is 26.2 Å². The van der Waals surface area contributed by atoms with Crippen LogP contribution in [-0.2, 0) is 6.18 Å². The maximum atomic E-state index is 12.9. The summed E-state index contributed by atoms with van der Waals surface area (Å²) >= 11 is 0. The first kappa shape index (κ1) is 12.3. The van der Waals surface area contributed by atoms with E-state index >= 15 is 0 Å². The molecule has 102 valence electrons. The van der Waals surface area contributed by atoms with Gasteiger partial charge in [0.1, 0.15) is 0 Å². The van der Waals surface area contributed by atoms with Crippen molar-refractivity contribution in [2.24, 2.45) is 0 Å². The Bertz CT molecular complexity index is 585. The van der Waals surface area contributed by atoms with E-state index in [0.29, 0.717) is 5.58 Å². The summed E-state index contributed by atoms with van der Waals surface area (Å²) in [5.74, 6) is 0. The van der Waals surface area contributed by atoms with Gasteiger partial charge in [-0.15, -0.1) is 0 Å². The minimum atomic E-state index is -4.36. The van der Waals surface area contributed by atoms with Gasteiger partial charge in [-0.2, -0.15) is 13.2 Å². The standard InChI is InChI=1S/C13H13F3N2O/c14-13(15,16)10-1-2-11(12-9(10)3-8-19-12)18-6-4-17-5-7-18/h1-3,8,17H,4-7H2. The van der Waals surface area contributed by atoms with Gasteiger partial charge in [0.25, 0.3) is 0 Å². The average molecular weight is 270 g/mol. The normalized spacial score (nSPS) is 17.1. The van der Waals surface area contributed by atoms with Crippen molar-refractivity contribution in [1.82, 2.24) is 5.32 Å². The third kappa shape index (κ3) is 2.16. The highest BCUT2D eigenvalue weighted by Gasteiger charge is 2.34. The molecule has 3 rings (SSSR count). The molecule has 0 radical (unpaired) electrons. The van der Waals surface area contributed by atoms with Crippen LogP contribution < -0.4 is 10.2 Å². The Hall–Kier alpha value is -1.69. The fourth-order valence-electron chi connectivity index (χ4n) is 2.45. The number of alkyl halides is 3. The second kappa shape index (κ2) is 4.45. The number of hydrogen-bond acceptors (Lipinski definition) is 3. The number of benzene rings is 1. The lowest BCUT2D eigenvalue weighted by molar-refractivity contribution is -0.136. The number of nitrogens with one attached hydrogen (secondary N) is 1. The number of halogens is 3. The van der Waals surface area contributed by atoms with Crippen molar-refractivity contribution in [2.75, 3.05) is 31.1 Å². The van der Waals surface area contributed by atoms with Gasteiger partial charge in [-0.05, 0) is 18.2 Å². The molecule has 1 fully saturated rings. The van der Waals surface area contributed by atoms with Crippen LogP contribution in [0, 0.1) is 0 Å². The smallest absolute Gasteiger partial charge is 0.417 e. The van der Waals surface area contributed by atoms with Crippen LogP contribution in [0.4, 0.5) is 18.9 Å². The van der Waals surface area contributed by atoms with E-state index < -0.39 is 11.7 Å². The summed E-state index contributed by atoms with van der Waals surface area (Å²) in [5.41, 5.74) is 0.404. The lowest BCUT2D eigenvalue weighted by atomic mass is 10.1. The number of rotatable bonds is 1. The van der Waals surface area contributed by atoms with Gasteiger partial charge in [-0.25, -0.2) is 0 Å². The molecule has 0 saturated carbocycles. The Balaban J connectivity index is 2.10. The van der Waals surface area contributed by atoms with Gasteiger partial charge in [0, 0.05) is 31.6 Å². The molecule has 2 aromatic rings. The maximum Gasteiger partial charge on any atom is 0.417 e. The van der Waals surface area contributed by atoms with E-state index in [1.165, 1.54) is 18.4 Å². The molecule has 0 amide bonds. The molecule has 0 aliphatic carbocycles. The van der Waals surface area contributed by atoms with Crippen molar-refractivity contribution >= 4 is 16.7 Å². The minimum Gasteiger partial charge on any atom is -0.462 e. The van der Waals surface area contributed by atoms with E-state index in [1.54, 1.807) is 0 Å². The van der Waals surface area contributed by atoms with Crippen LogP contribution in [0.15, 0.2) is 28.9 Å². The highest BCUT2D eigenvalue weighted by atomic mass is 19.4. The molecule has 1 saturated heterocycles. The van der Waals surface area contributed by atoms with Gasteiger partial charge in [-0.3, -0.25) is 0 Å². The third-order valence-corrected chi connectivity index (χ3v) is 3.36. The molecule has 1 aromatic carbocycles. The number of piperazine rings is 1. The van der Waals surface area contributed by atoms with Gasteiger partial charge in [0.2, 0.25) is 0 Å². The first-order valence-electron chi connectivity index (χ1n) is 6.10. The van der Waals surface area contributed by atoms with Gasteiger partial charge < -0.3 is 14.6 Å². The van der Waals surface area contributed by atoms with Gasteiger partial charge >= 0.3 is 6.18 Å². The Labute approximate surface area is 108 Å². The monoisotopic (exact) mass is 270 g/mol. The Morgan fingerprint density at radius 1 is 1.11 bits per heavy atom. The van der Waals surface area contributed by atoms with E-state index in [2.05, 4.69) is 5.32 Å². The Morgan fingerprint density at radius 2 is 1.84 bits per heavy atom. The molecule has 0 bridgehead atoms. The lowest BCUT2D eigenvalue weighted by Crippen LogP contribution is -2.43. The largest absolute Gasteiger partial charge is 0.462 e. The molecule has 3 nitrogen and oxygen atoms in total. The third-order valence-electron chi connectivity index (χ3n) is 3.36. The number of fused-ring (bicyclic) bond motifs is 1. The van der Waals surface area contributed by atoms with Crippen LogP contribution in [0.5, 0.6) is 0 Å². The topological polar surface area (TPSA) is 28.4 Å². The summed E-state index contributed by atoms with van der Waals surface area (Å²) in [6.07, 6.45) is -3.05. The van der Waals surface area contributed by atoms with Crippen molar-refractivity contribution in [3.63, 3.8) is 0 Å². The lowest BCUT2D eigenvalue weighted by Gasteiger charge is -2.29. The highest BCUT2D eigenvalue weighted by molar-refractivity contribution is 5.92. The van der Waals surface area contributed by atoms with Crippen molar-refractivity contribution in [2.45, 2.75) is 6.18 Å². The molecule has 6 heteroatoms. The molecule has 0 unspecified atom stereocenters. The number of anilines is 1. The van der Waals surface area contributed by atoms with E-state index in [9.17, 15) is 13.2 Å². The molecular formula is C13H13F3N2O. The Kier molecular flexibility index (Phi) is 2.89. The predicted molar refractivity (Wildman–Crippen MR) is 66.3 cm³/mol. The minimum absolute atomic E-state index is 0.128. The van der Waals surface area contributed by atoms with E-state index in [4.69, 9.17) is 4.42 Å². The van der Waals surface area contributed by atoms with Crippen molar-refractivity contribution in [3.8, 4) is 0 Å².